The molecule has 0 saturated carbocycles. The molecule has 0 bridgehead atoms. The molecule has 30 heavy (non-hydrogen) atoms. The first-order valence-corrected chi connectivity index (χ1v) is 15.0. The zero-order valence-corrected chi connectivity index (χ0v) is 27.9. The van der Waals surface area contributed by atoms with Gasteiger partial charge in [0.2, 0.25) is 0 Å². The van der Waals surface area contributed by atoms with Crippen molar-refractivity contribution in [3.8, 4) is 0 Å². The number of aliphatic hydroxyl groups is 1. The maximum absolute atomic E-state index is 9.62. The van der Waals surface area contributed by atoms with Crippen molar-refractivity contribution in [3.63, 3.8) is 0 Å². The average Bonchev–Trinajstić information content (AvgIpc) is 2.56. The fourth-order valence-corrected chi connectivity index (χ4v) is 1.47. The summed E-state index contributed by atoms with van der Waals surface area (Å²) in [5, 5.41) is 9.90. The fraction of sp³-hybridized carbons (Fsp3) is 0.667. The summed E-state index contributed by atoms with van der Waals surface area (Å²) in [6.07, 6.45) is 9.27. The van der Waals surface area contributed by atoms with E-state index in [1.165, 1.54) is 6.42 Å². The van der Waals surface area contributed by atoms with Crippen molar-refractivity contribution in [3.05, 3.63) is 38.0 Å². The maximum Gasteiger partial charge on any atom is 2.00 e. The summed E-state index contributed by atoms with van der Waals surface area (Å²) in [7, 11) is -0.986. The zero-order valence-electron chi connectivity index (χ0n) is 19.3. The van der Waals surface area contributed by atoms with Crippen LogP contribution in [0.1, 0.15) is 60.8 Å². The van der Waals surface area contributed by atoms with Gasteiger partial charge in [-0.05, 0) is 30.6 Å². The van der Waals surface area contributed by atoms with Crippen LogP contribution in [0.25, 0.3) is 0 Å². The van der Waals surface area contributed by atoms with Gasteiger partial charge >= 0.3 is 23.1 Å². The van der Waals surface area contributed by atoms with Crippen LogP contribution < -0.4 is 17.0 Å². The standard InChI is InChI=1S/C7H13Br.C7H14O.C5H10O.C2H3.Br2OS.BrH.Mg/c1-7(2)5-3-4-6-8;1-4-7(8)5-6(2)3;1-5(2)3-4-6;1-2;1-4(2)3;;/h3-4,7H,5-6H2,1-2H3;4,6-8H,1,5H2,2-3H3;4-5H,3H2,1-2H3;1H,2H2;;1H;/q;;;-1;;;+2/p-1/b4-3+;;;;;;. The van der Waals surface area contributed by atoms with E-state index < -0.39 is 7.67 Å². The molecule has 0 aliphatic heterocycles. The summed E-state index contributed by atoms with van der Waals surface area (Å²) in [5.74, 6) is 1.88. The first kappa shape index (κ1) is 49.0. The number of halogens is 4. The Balaban J connectivity index is -0.0000000458. The Labute approximate surface area is 239 Å². The van der Waals surface area contributed by atoms with E-state index >= 15 is 0 Å². The number of alkyl halides is 1. The van der Waals surface area contributed by atoms with Gasteiger partial charge in [-0.2, -0.15) is 0 Å². The molecule has 0 rings (SSSR count). The van der Waals surface area contributed by atoms with Crippen molar-refractivity contribution >= 4 is 82.6 Å². The van der Waals surface area contributed by atoms with Crippen LogP contribution in [-0.4, -0.2) is 50.1 Å². The summed E-state index contributed by atoms with van der Waals surface area (Å²) in [6.45, 7) is 23.1. The maximum atomic E-state index is 9.62. The van der Waals surface area contributed by atoms with Gasteiger partial charge in [0.05, 0.1) is 6.10 Å². The van der Waals surface area contributed by atoms with Gasteiger partial charge in [-0.1, -0.05) is 75.7 Å². The average molecular weight is 717 g/mol. The molecule has 0 fully saturated rings. The Morgan fingerprint density at radius 2 is 1.33 bits per heavy atom. The summed E-state index contributed by atoms with van der Waals surface area (Å²) in [4.78, 5) is 9.62. The van der Waals surface area contributed by atoms with Crippen LogP contribution in [0.5, 0.6) is 0 Å². The van der Waals surface area contributed by atoms with E-state index in [4.69, 9.17) is 5.11 Å². The number of carbonyl (C=O) groups excluding carboxylic acids is 1. The minimum absolute atomic E-state index is 0. The van der Waals surface area contributed by atoms with Crippen LogP contribution in [0.4, 0.5) is 0 Å². The number of aliphatic hydroxyl groups excluding tert-OH is 1. The number of allylic oxidation sites excluding steroid dienone is 2. The predicted molar refractivity (Wildman–Crippen MR) is 145 cm³/mol. The van der Waals surface area contributed by atoms with E-state index in [1.807, 2.05) is 13.8 Å². The zero-order chi connectivity index (χ0) is 23.5. The van der Waals surface area contributed by atoms with Crippen LogP contribution in [0.15, 0.2) is 31.4 Å². The van der Waals surface area contributed by atoms with Gasteiger partial charge in [0.1, 0.15) is 6.29 Å². The number of hydrogen-bond donors (Lipinski definition) is 1. The van der Waals surface area contributed by atoms with Gasteiger partial charge in [-0.3, -0.25) is 6.58 Å². The summed E-state index contributed by atoms with van der Waals surface area (Å²) < 4.78 is 9.39. The Morgan fingerprint density at radius 1 is 0.967 bits per heavy atom. The molecule has 1 N–H and O–H groups in total. The van der Waals surface area contributed by atoms with Crippen molar-refractivity contribution in [2.75, 3.05) is 5.33 Å². The Morgan fingerprint density at radius 3 is 1.47 bits per heavy atom. The van der Waals surface area contributed by atoms with Gasteiger partial charge < -0.3 is 33.5 Å². The molecular formula is C21H40Br4MgO3S. The smallest absolute Gasteiger partial charge is 1.00 e. The molecule has 0 radical (unpaired) electrons. The van der Waals surface area contributed by atoms with Crippen LogP contribution in [0.3, 0.4) is 0 Å². The van der Waals surface area contributed by atoms with Crippen molar-refractivity contribution in [2.24, 2.45) is 17.8 Å². The van der Waals surface area contributed by atoms with Crippen LogP contribution in [0.2, 0.25) is 0 Å². The third-order valence-corrected chi connectivity index (χ3v) is 2.79. The summed E-state index contributed by atoms with van der Waals surface area (Å²) >= 11 is 8.63. The fourth-order valence-electron chi connectivity index (χ4n) is 1.20. The number of hydrogen-bond acceptors (Lipinski definition) is 3. The van der Waals surface area contributed by atoms with Crippen molar-refractivity contribution < 1.29 is 31.1 Å². The van der Waals surface area contributed by atoms with E-state index in [2.05, 4.69) is 105 Å². The van der Waals surface area contributed by atoms with Gasteiger partial charge in [-0.15, -0.1) is 6.58 Å². The normalized spacial score (nSPS) is 9.93. The minimum atomic E-state index is -0.986. The number of carbonyl (C=O) groups is 1. The SMILES string of the molecule is C=CC(O)CC(C)C.CC(C)C/C=C/CBr.CC(C)CC=O.O=S(Br)Br.[Br-].[CH-]=C.[Mg+2]. The second-order valence-corrected chi connectivity index (χ2v) is 13.8. The minimum Gasteiger partial charge on any atom is -1.00 e. The van der Waals surface area contributed by atoms with E-state index in [1.54, 1.807) is 6.08 Å². The molecule has 0 aliphatic rings. The van der Waals surface area contributed by atoms with Gasteiger partial charge in [0, 0.05) is 41.4 Å². The molecule has 1 atom stereocenters. The molecule has 0 aromatic rings. The summed E-state index contributed by atoms with van der Waals surface area (Å²) in [6, 6.07) is 0. The number of aldehydes is 1. The van der Waals surface area contributed by atoms with Crippen molar-refractivity contribution in [2.45, 2.75) is 66.9 Å². The van der Waals surface area contributed by atoms with E-state index in [-0.39, 0.29) is 46.1 Å². The molecular weight excluding hydrogens is 676 g/mol. The molecule has 0 aromatic carbocycles. The Hall–Kier alpha value is 1.69. The Bertz CT molecular complexity index is 366. The first-order valence-electron chi connectivity index (χ1n) is 9.04. The molecule has 3 nitrogen and oxygen atoms in total. The van der Waals surface area contributed by atoms with Crippen LogP contribution >= 0.6 is 45.6 Å². The third-order valence-electron chi connectivity index (χ3n) is 2.42. The molecule has 0 aromatic heterocycles. The van der Waals surface area contributed by atoms with Gasteiger partial charge in [0.25, 0.3) is 0 Å². The van der Waals surface area contributed by atoms with Crippen molar-refractivity contribution in [1.82, 2.24) is 0 Å². The van der Waals surface area contributed by atoms with E-state index in [9.17, 15) is 9.00 Å². The quantitative estimate of drug-likeness (QED) is 0.102. The van der Waals surface area contributed by atoms with E-state index in [0.717, 1.165) is 24.0 Å². The monoisotopic (exact) mass is 712 g/mol. The first-order chi connectivity index (χ1) is 12.9. The molecule has 9 heteroatoms. The molecule has 0 amide bonds. The second kappa shape index (κ2) is 44.4. The van der Waals surface area contributed by atoms with Crippen molar-refractivity contribution in [1.29, 1.82) is 0 Å². The molecule has 178 valence electrons. The number of rotatable bonds is 8. The van der Waals surface area contributed by atoms with Crippen LogP contribution in [0, 0.1) is 24.3 Å². The van der Waals surface area contributed by atoms with E-state index in [0.29, 0.717) is 18.3 Å². The topological polar surface area (TPSA) is 54.4 Å². The molecule has 0 heterocycles. The van der Waals surface area contributed by atoms with Gasteiger partial charge in [0.15, 0.2) is 7.67 Å². The third kappa shape index (κ3) is 99.3. The summed E-state index contributed by atoms with van der Waals surface area (Å²) in [5.41, 5.74) is 0. The molecule has 0 spiro atoms. The molecule has 1 unspecified atom stereocenters. The predicted octanol–water partition coefficient (Wildman–Crippen LogP) is 4.38. The largest absolute Gasteiger partial charge is 2.00 e. The second-order valence-electron chi connectivity index (χ2n) is 6.67. The van der Waals surface area contributed by atoms with Crippen LogP contribution in [-0.2, 0) is 12.5 Å². The molecule has 0 saturated heterocycles. The Kier molecular flexibility index (Phi) is 72.4. The van der Waals surface area contributed by atoms with Gasteiger partial charge in [-0.25, -0.2) is 4.21 Å². The molecule has 0 aliphatic carbocycles.